The third kappa shape index (κ3) is 1.52. The van der Waals surface area contributed by atoms with E-state index < -0.39 is 0 Å². The molecule has 88 valence electrons. The second-order valence-corrected chi connectivity index (χ2v) is 6.53. The van der Waals surface area contributed by atoms with Gasteiger partial charge >= 0.3 is 0 Å². The van der Waals surface area contributed by atoms with Gasteiger partial charge in [0.15, 0.2) is 0 Å². The van der Waals surface area contributed by atoms with Crippen molar-refractivity contribution < 1.29 is 4.84 Å². The van der Waals surface area contributed by atoms with Crippen LogP contribution >= 0.6 is 22.6 Å². The van der Waals surface area contributed by atoms with E-state index in [-0.39, 0.29) is 11.1 Å². The van der Waals surface area contributed by atoms with Crippen molar-refractivity contribution >= 4 is 22.6 Å². The van der Waals surface area contributed by atoms with Crippen LogP contribution in [-0.2, 0) is 15.9 Å². The lowest BCUT2D eigenvalue weighted by Gasteiger charge is -2.38. The number of rotatable bonds is 1. The Morgan fingerprint density at radius 2 is 1.62 bits per heavy atom. The predicted octanol–water partition coefficient (Wildman–Crippen LogP) is 3.64. The Morgan fingerprint density at radius 3 is 2.19 bits per heavy atom. The van der Waals surface area contributed by atoms with Crippen LogP contribution in [0.1, 0.15) is 38.8 Å². The topological polar surface area (TPSA) is 12.5 Å². The first-order valence-electron chi connectivity index (χ1n) is 5.47. The summed E-state index contributed by atoms with van der Waals surface area (Å²) in [6.07, 6.45) is 0. The fourth-order valence-corrected chi connectivity index (χ4v) is 3.42. The fourth-order valence-electron chi connectivity index (χ4n) is 2.93. The van der Waals surface area contributed by atoms with Crippen molar-refractivity contribution in [3.05, 3.63) is 32.9 Å². The van der Waals surface area contributed by atoms with Gasteiger partial charge < -0.3 is 4.84 Å². The lowest BCUT2D eigenvalue weighted by molar-refractivity contribution is -0.241. The van der Waals surface area contributed by atoms with Crippen LogP contribution in [0.3, 0.4) is 0 Å². The molecule has 0 amide bonds. The number of hydroxylamine groups is 2. The zero-order valence-electron chi connectivity index (χ0n) is 10.5. The summed E-state index contributed by atoms with van der Waals surface area (Å²) in [5, 5.41) is 2.08. The Hall–Kier alpha value is -0.130. The summed E-state index contributed by atoms with van der Waals surface area (Å²) >= 11 is 2.36. The summed E-state index contributed by atoms with van der Waals surface area (Å²) in [4.78, 5) is 5.59. The van der Waals surface area contributed by atoms with Crippen molar-refractivity contribution in [1.29, 1.82) is 0 Å². The van der Waals surface area contributed by atoms with Crippen molar-refractivity contribution in [2.75, 3.05) is 7.11 Å². The fraction of sp³-hybridized carbons (Fsp3) is 0.538. The molecule has 1 aliphatic rings. The largest absolute Gasteiger partial charge is 0.301 e. The Morgan fingerprint density at radius 1 is 1.06 bits per heavy atom. The summed E-state index contributed by atoms with van der Waals surface area (Å²) < 4.78 is 1.28. The van der Waals surface area contributed by atoms with Gasteiger partial charge in [-0.2, -0.15) is 5.06 Å². The zero-order valence-corrected chi connectivity index (χ0v) is 12.6. The van der Waals surface area contributed by atoms with Gasteiger partial charge in [-0.15, -0.1) is 0 Å². The zero-order chi connectivity index (χ0) is 12.1. The first-order valence-corrected chi connectivity index (χ1v) is 6.54. The number of hydrogen-bond acceptors (Lipinski definition) is 2. The van der Waals surface area contributed by atoms with E-state index in [4.69, 9.17) is 4.84 Å². The maximum Gasteiger partial charge on any atom is 0.0668 e. The van der Waals surface area contributed by atoms with Gasteiger partial charge in [0.05, 0.1) is 18.2 Å². The van der Waals surface area contributed by atoms with Crippen LogP contribution < -0.4 is 0 Å². The normalized spacial score (nSPS) is 22.1. The predicted molar refractivity (Wildman–Crippen MR) is 74.1 cm³/mol. The van der Waals surface area contributed by atoms with E-state index in [0.717, 1.165) is 0 Å². The highest BCUT2D eigenvalue weighted by molar-refractivity contribution is 14.1. The van der Waals surface area contributed by atoms with E-state index in [1.54, 1.807) is 7.11 Å². The molecule has 1 aromatic rings. The molecule has 0 saturated heterocycles. The molecule has 0 fully saturated rings. The molecule has 0 aliphatic carbocycles. The number of benzene rings is 1. The van der Waals surface area contributed by atoms with Crippen LogP contribution in [0.25, 0.3) is 0 Å². The standard InChI is InChI=1S/C13H18INO/c1-12(2)10-7-6-9(14)8-11(10)13(3,4)15(12)16-5/h6-8H,1-5H3. The summed E-state index contributed by atoms with van der Waals surface area (Å²) in [5.74, 6) is 0. The van der Waals surface area contributed by atoms with E-state index >= 15 is 0 Å². The van der Waals surface area contributed by atoms with E-state index in [1.807, 2.05) is 0 Å². The Bertz CT molecular complexity index is 426. The molecule has 0 radical (unpaired) electrons. The SMILES string of the molecule is CON1C(C)(C)c2ccc(I)cc2C1(C)C. The first kappa shape index (κ1) is 12.3. The highest BCUT2D eigenvalue weighted by Gasteiger charge is 2.49. The smallest absolute Gasteiger partial charge is 0.0668 e. The average molecular weight is 331 g/mol. The molecule has 0 N–H and O–H groups in total. The second-order valence-electron chi connectivity index (χ2n) is 5.28. The van der Waals surface area contributed by atoms with Crippen molar-refractivity contribution in [2.24, 2.45) is 0 Å². The Labute approximate surface area is 111 Å². The van der Waals surface area contributed by atoms with E-state index in [1.165, 1.54) is 14.7 Å². The van der Waals surface area contributed by atoms with E-state index in [2.05, 4.69) is 73.5 Å². The molecule has 1 aliphatic heterocycles. The van der Waals surface area contributed by atoms with Gasteiger partial charge in [-0.1, -0.05) is 6.07 Å². The average Bonchev–Trinajstić information content (AvgIpc) is 2.30. The molecule has 0 spiro atoms. The van der Waals surface area contributed by atoms with Gasteiger partial charge in [0.1, 0.15) is 0 Å². The minimum absolute atomic E-state index is 0.0715. The summed E-state index contributed by atoms with van der Waals surface area (Å²) in [6.45, 7) is 8.83. The van der Waals surface area contributed by atoms with Gasteiger partial charge in [0.25, 0.3) is 0 Å². The lowest BCUT2D eigenvalue weighted by Crippen LogP contribution is -2.44. The molecule has 3 heteroatoms. The molecule has 16 heavy (non-hydrogen) atoms. The molecular formula is C13H18INO. The van der Waals surface area contributed by atoms with Crippen molar-refractivity contribution in [3.8, 4) is 0 Å². The van der Waals surface area contributed by atoms with Crippen LogP contribution in [0.15, 0.2) is 18.2 Å². The highest BCUT2D eigenvalue weighted by Crippen LogP contribution is 2.49. The van der Waals surface area contributed by atoms with Crippen LogP contribution in [0, 0.1) is 3.57 Å². The minimum atomic E-state index is -0.0746. The second kappa shape index (κ2) is 3.68. The summed E-state index contributed by atoms with van der Waals surface area (Å²) in [5.41, 5.74) is 2.58. The number of halogens is 1. The van der Waals surface area contributed by atoms with Crippen LogP contribution in [0.4, 0.5) is 0 Å². The van der Waals surface area contributed by atoms with Crippen LogP contribution in [0.5, 0.6) is 0 Å². The first-order chi connectivity index (χ1) is 7.31. The van der Waals surface area contributed by atoms with E-state index in [0.29, 0.717) is 0 Å². The number of nitrogens with zero attached hydrogens (tertiary/aromatic N) is 1. The molecule has 0 unspecified atom stereocenters. The summed E-state index contributed by atoms with van der Waals surface area (Å²) in [6, 6.07) is 6.64. The van der Waals surface area contributed by atoms with Gasteiger partial charge in [0.2, 0.25) is 0 Å². The molecule has 1 aromatic carbocycles. The molecule has 1 heterocycles. The van der Waals surface area contributed by atoms with Crippen molar-refractivity contribution in [2.45, 2.75) is 38.8 Å². The summed E-state index contributed by atoms with van der Waals surface area (Å²) in [7, 11) is 1.75. The monoisotopic (exact) mass is 331 g/mol. The molecule has 2 nitrogen and oxygen atoms in total. The quantitative estimate of drug-likeness (QED) is 0.729. The maximum atomic E-state index is 5.59. The lowest BCUT2D eigenvalue weighted by atomic mass is 9.91. The van der Waals surface area contributed by atoms with Gasteiger partial charge in [-0.05, 0) is 73.5 Å². The molecule has 2 rings (SSSR count). The van der Waals surface area contributed by atoms with Crippen molar-refractivity contribution in [3.63, 3.8) is 0 Å². The molecule has 0 bridgehead atoms. The minimum Gasteiger partial charge on any atom is -0.301 e. The van der Waals surface area contributed by atoms with E-state index in [9.17, 15) is 0 Å². The highest BCUT2D eigenvalue weighted by atomic mass is 127. The molecular weight excluding hydrogens is 313 g/mol. The van der Waals surface area contributed by atoms with Gasteiger partial charge in [-0.3, -0.25) is 0 Å². The molecule has 0 aromatic heterocycles. The third-order valence-electron chi connectivity index (χ3n) is 3.50. The van der Waals surface area contributed by atoms with Crippen LogP contribution in [-0.4, -0.2) is 12.2 Å². The van der Waals surface area contributed by atoms with Gasteiger partial charge in [0, 0.05) is 3.57 Å². The number of fused-ring (bicyclic) bond motifs is 1. The third-order valence-corrected chi connectivity index (χ3v) is 4.17. The number of hydrogen-bond donors (Lipinski definition) is 0. The molecule has 0 saturated carbocycles. The Balaban J connectivity index is 2.68. The molecule has 0 atom stereocenters. The van der Waals surface area contributed by atoms with Crippen molar-refractivity contribution in [1.82, 2.24) is 5.06 Å². The van der Waals surface area contributed by atoms with Crippen LogP contribution in [0.2, 0.25) is 0 Å². The Kier molecular flexibility index (Phi) is 2.84. The maximum absolute atomic E-state index is 5.59. The van der Waals surface area contributed by atoms with Gasteiger partial charge in [-0.25, -0.2) is 0 Å².